The second-order valence-electron chi connectivity index (χ2n) is 3.69. The molecule has 0 aliphatic carbocycles. The quantitative estimate of drug-likeness (QED) is 0.741. The van der Waals surface area contributed by atoms with Crippen LogP contribution < -0.4 is 0 Å². The van der Waals surface area contributed by atoms with Gasteiger partial charge in [-0.25, -0.2) is 0 Å². The third-order valence-corrected chi connectivity index (χ3v) is 2.16. The molecule has 0 aliphatic rings. The Labute approximate surface area is 84.6 Å². The van der Waals surface area contributed by atoms with Gasteiger partial charge in [0.05, 0.1) is 0 Å². The van der Waals surface area contributed by atoms with Gasteiger partial charge < -0.3 is 5.11 Å². The topological polar surface area (TPSA) is 37.3 Å². The Bertz CT molecular complexity index is 299. The Hall–Kier alpha value is -1.15. The van der Waals surface area contributed by atoms with Crippen molar-refractivity contribution in [3.8, 4) is 0 Å². The predicted octanol–water partition coefficient (Wildman–Crippen LogP) is 2.06. The lowest BCUT2D eigenvalue weighted by Crippen LogP contribution is -2.07. The van der Waals surface area contributed by atoms with Gasteiger partial charge in [-0.2, -0.15) is 0 Å². The summed E-state index contributed by atoms with van der Waals surface area (Å²) in [5, 5.41) is 8.72. The van der Waals surface area contributed by atoms with Crippen LogP contribution in [-0.4, -0.2) is 17.5 Å². The zero-order chi connectivity index (χ0) is 10.6. The molecule has 0 aliphatic heterocycles. The van der Waals surface area contributed by atoms with Gasteiger partial charge >= 0.3 is 0 Å². The van der Waals surface area contributed by atoms with Crippen LogP contribution in [0.5, 0.6) is 0 Å². The summed E-state index contributed by atoms with van der Waals surface area (Å²) in [5.74, 6) is 0.208. The van der Waals surface area contributed by atoms with E-state index in [1.807, 2.05) is 38.1 Å². The zero-order valence-corrected chi connectivity index (χ0v) is 8.66. The van der Waals surface area contributed by atoms with E-state index >= 15 is 0 Å². The van der Waals surface area contributed by atoms with Crippen LogP contribution in [0.3, 0.4) is 0 Å². The Morgan fingerprint density at radius 3 is 2.29 bits per heavy atom. The number of hydrogen-bond donors (Lipinski definition) is 1. The van der Waals surface area contributed by atoms with Gasteiger partial charge in [0.2, 0.25) is 0 Å². The first kappa shape index (κ1) is 10.9. The fraction of sp³-hybridized carbons (Fsp3) is 0.417. The Morgan fingerprint density at radius 2 is 1.86 bits per heavy atom. The molecule has 0 aromatic heterocycles. The number of benzene rings is 1. The van der Waals surface area contributed by atoms with Crippen molar-refractivity contribution in [1.82, 2.24) is 0 Å². The van der Waals surface area contributed by atoms with Crippen molar-refractivity contribution in [1.29, 1.82) is 0 Å². The second kappa shape index (κ2) is 4.91. The summed E-state index contributed by atoms with van der Waals surface area (Å²) in [5.41, 5.74) is 1.81. The molecule has 0 saturated carbocycles. The van der Waals surface area contributed by atoms with E-state index in [1.54, 1.807) is 0 Å². The fourth-order valence-corrected chi connectivity index (χ4v) is 1.30. The maximum atomic E-state index is 11.6. The van der Waals surface area contributed by atoms with Crippen LogP contribution >= 0.6 is 0 Å². The number of aliphatic hydroxyl groups excluding tert-OH is 1. The second-order valence-corrected chi connectivity index (χ2v) is 3.69. The molecular formula is C12H16O2. The highest BCUT2D eigenvalue weighted by atomic mass is 16.2. The molecule has 0 saturated heterocycles. The lowest BCUT2D eigenvalue weighted by molar-refractivity contribution is 0.0939. The van der Waals surface area contributed by atoms with Crippen molar-refractivity contribution in [2.24, 2.45) is 5.92 Å². The number of carbonyl (C=O) groups excluding carboxylic acids is 1. The third-order valence-electron chi connectivity index (χ3n) is 2.16. The van der Waals surface area contributed by atoms with Crippen molar-refractivity contribution in [3.63, 3.8) is 0 Å². The molecule has 1 rings (SSSR count). The van der Waals surface area contributed by atoms with Crippen LogP contribution in [0.15, 0.2) is 24.3 Å². The average Bonchev–Trinajstić information content (AvgIpc) is 2.18. The third kappa shape index (κ3) is 2.67. The summed E-state index contributed by atoms with van der Waals surface area (Å²) < 4.78 is 0. The molecule has 14 heavy (non-hydrogen) atoms. The van der Waals surface area contributed by atoms with Crippen molar-refractivity contribution in [2.45, 2.75) is 20.3 Å². The molecule has 1 aromatic carbocycles. The molecule has 76 valence electrons. The summed E-state index contributed by atoms with van der Waals surface area (Å²) in [6.07, 6.45) is 0.649. The van der Waals surface area contributed by atoms with Gasteiger partial charge in [-0.05, 0) is 12.0 Å². The molecule has 0 radical (unpaired) electrons. The van der Waals surface area contributed by atoms with Gasteiger partial charge in [0.15, 0.2) is 5.78 Å². The predicted molar refractivity (Wildman–Crippen MR) is 56.4 cm³/mol. The van der Waals surface area contributed by atoms with E-state index in [4.69, 9.17) is 5.11 Å². The number of hydrogen-bond acceptors (Lipinski definition) is 2. The maximum Gasteiger partial charge on any atom is 0.165 e. The molecular weight excluding hydrogens is 176 g/mol. The van der Waals surface area contributed by atoms with E-state index in [9.17, 15) is 4.79 Å². The number of rotatable bonds is 4. The van der Waals surface area contributed by atoms with Crippen LogP contribution in [0.2, 0.25) is 0 Å². The number of Topliss-reactive ketones (excluding diaryl/α,β-unsaturated/α-hetero) is 1. The summed E-state index contributed by atoms with van der Waals surface area (Å²) >= 11 is 0. The minimum absolute atomic E-state index is 0.0405. The average molecular weight is 192 g/mol. The number of carbonyl (C=O) groups is 1. The maximum absolute atomic E-state index is 11.6. The smallest absolute Gasteiger partial charge is 0.165 e. The fourth-order valence-electron chi connectivity index (χ4n) is 1.30. The first-order valence-corrected chi connectivity index (χ1v) is 4.89. The minimum atomic E-state index is 0.0405. The van der Waals surface area contributed by atoms with Gasteiger partial charge in [0, 0.05) is 18.1 Å². The van der Waals surface area contributed by atoms with Gasteiger partial charge in [-0.1, -0.05) is 38.1 Å². The molecule has 0 heterocycles. The Balaban J connectivity index is 2.78. The molecule has 0 fully saturated rings. The molecule has 1 N–H and O–H groups in total. The molecule has 0 unspecified atom stereocenters. The zero-order valence-electron chi connectivity index (χ0n) is 8.66. The van der Waals surface area contributed by atoms with Crippen molar-refractivity contribution in [3.05, 3.63) is 35.4 Å². The minimum Gasteiger partial charge on any atom is -0.396 e. The SMILES string of the molecule is CC(C)C(=O)c1ccc(CCO)cc1. The number of ketones is 1. The van der Waals surface area contributed by atoms with Crippen molar-refractivity contribution in [2.75, 3.05) is 6.61 Å². The van der Waals surface area contributed by atoms with E-state index in [2.05, 4.69) is 0 Å². The highest BCUT2D eigenvalue weighted by molar-refractivity contribution is 5.97. The monoisotopic (exact) mass is 192 g/mol. The Kier molecular flexibility index (Phi) is 3.84. The molecule has 0 bridgehead atoms. The van der Waals surface area contributed by atoms with Crippen molar-refractivity contribution < 1.29 is 9.90 Å². The molecule has 2 nitrogen and oxygen atoms in total. The van der Waals surface area contributed by atoms with Gasteiger partial charge in [-0.15, -0.1) is 0 Å². The normalized spacial score (nSPS) is 10.6. The van der Waals surface area contributed by atoms with E-state index in [-0.39, 0.29) is 18.3 Å². The molecule has 1 aromatic rings. The summed E-state index contributed by atoms with van der Waals surface area (Å²) in [7, 11) is 0. The number of aliphatic hydroxyl groups is 1. The summed E-state index contributed by atoms with van der Waals surface area (Å²) in [4.78, 5) is 11.6. The summed E-state index contributed by atoms with van der Waals surface area (Å²) in [6, 6.07) is 7.44. The van der Waals surface area contributed by atoms with E-state index < -0.39 is 0 Å². The largest absolute Gasteiger partial charge is 0.396 e. The lowest BCUT2D eigenvalue weighted by Gasteiger charge is -2.04. The van der Waals surface area contributed by atoms with Gasteiger partial charge in [0.25, 0.3) is 0 Å². The van der Waals surface area contributed by atoms with Gasteiger partial charge in [-0.3, -0.25) is 4.79 Å². The van der Waals surface area contributed by atoms with Crippen LogP contribution in [-0.2, 0) is 6.42 Å². The lowest BCUT2D eigenvalue weighted by atomic mass is 9.99. The highest BCUT2D eigenvalue weighted by Crippen LogP contribution is 2.10. The first-order valence-electron chi connectivity index (χ1n) is 4.89. The van der Waals surface area contributed by atoms with E-state index in [1.165, 1.54) is 0 Å². The van der Waals surface area contributed by atoms with Crippen LogP contribution in [0.4, 0.5) is 0 Å². The van der Waals surface area contributed by atoms with E-state index in [0.717, 1.165) is 11.1 Å². The Morgan fingerprint density at radius 1 is 1.29 bits per heavy atom. The summed E-state index contributed by atoms with van der Waals surface area (Å²) in [6.45, 7) is 3.94. The molecule has 0 amide bonds. The van der Waals surface area contributed by atoms with Crippen LogP contribution in [0.25, 0.3) is 0 Å². The van der Waals surface area contributed by atoms with E-state index in [0.29, 0.717) is 6.42 Å². The highest BCUT2D eigenvalue weighted by Gasteiger charge is 2.09. The van der Waals surface area contributed by atoms with Crippen LogP contribution in [0, 0.1) is 5.92 Å². The standard InChI is InChI=1S/C12H16O2/c1-9(2)12(14)11-5-3-10(4-6-11)7-8-13/h3-6,9,13H,7-8H2,1-2H3. The van der Waals surface area contributed by atoms with Crippen LogP contribution in [0.1, 0.15) is 29.8 Å². The first-order chi connectivity index (χ1) is 6.65. The molecule has 2 heteroatoms. The molecule has 0 spiro atoms. The van der Waals surface area contributed by atoms with Gasteiger partial charge in [0.1, 0.15) is 0 Å². The molecule has 0 atom stereocenters. The van der Waals surface area contributed by atoms with Crippen molar-refractivity contribution >= 4 is 5.78 Å².